The van der Waals surface area contributed by atoms with Crippen LogP contribution in [0.5, 0.6) is 0 Å². The van der Waals surface area contributed by atoms with E-state index in [2.05, 4.69) is 0 Å². The number of benzene rings is 3. The molecule has 6 heteroatoms. The number of carbonyl (C=O) groups is 1. The topological polar surface area (TPSA) is 50.5 Å². The summed E-state index contributed by atoms with van der Waals surface area (Å²) in [5.41, 5.74) is 3.82. The zero-order chi connectivity index (χ0) is 21.9. The number of hydrogen-bond donors (Lipinski definition) is 0. The van der Waals surface area contributed by atoms with Gasteiger partial charge in [0.15, 0.2) is 5.43 Å². The van der Waals surface area contributed by atoms with Gasteiger partial charge in [-0.1, -0.05) is 58.6 Å². The Morgan fingerprint density at radius 1 is 0.839 bits per heavy atom. The highest BCUT2D eigenvalue weighted by Gasteiger charge is 2.43. The van der Waals surface area contributed by atoms with Crippen LogP contribution in [0.25, 0.3) is 11.0 Å². The van der Waals surface area contributed by atoms with Gasteiger partial charge in [0.1, 0.15) is 5.58 Å². The third-order valence-electron chi connectivity index (χ3n) is 5.60. The molecule has 31 heavy (non-hydrogen) atoms. The molecule has 4 aromatic rings. The number of amides is 1. The highest BCUT2D eigenvalue weighted by molar-refractivity contribution is 6.42. The van der Waals surface area contributed by atoms with Crippen molar-refractivity contribution in [3.8, 4) is 0 Å². The van der Waals surface area contributed by atoms with Crippen molar-refractivity contribution in [2.75, 3.05) is 4.90 Å². The number of halogens is 2. The molecule has 1 unspecified atom stereocenters. The number of fused-ring (bicyclic) bond motifs is 2. The Kier molecular flexibility index (Phi) is 4.65. The average molecular weight is 450 g/mol. The molecule has 0 spiro atoms. The second-order valence-electron chi connectivity index (χ2n) is 7.76. The largest absolute Gasteiger partial charge is 0.450 e. The van der Waals surface area contributed by atoms with E-state index in [1.54, 1.807) is 35.2 Å². The number of aryl methyl sites for hydroxylation is 2. The Labute approximate surface area is 188 Å². The molecular weight excluding hydrogens is 433 g/mol. The number of carbonyl (C=O) groups excluding carboxylic acids is 1. The maximum atomic E-state index is 13.6. The van der Waals surface area contributed by atoms with Crippen molar-refractivity contribution in [1.29, 1.82) is 0 Å². The Morgan fingerprint density at radius 2 is 1.55 bits per heavy atom. The lowest BCUT2D eigenvalue weighted by Gasteiger charge is -2.25. The van der Waals surface area contributed by atoms with Crippen molar-refractivity contribution in [3.05, 3.63) is 109 Å². The van der Waals surface area contributed by atoms with Gasteiger partial charge >= 0.3 is 0 Å². The van der Waals surface area contributed by atoms with Crippen LogP contribution in [0.3, 0.4) is 0 Å². The summed E-state index contributed by atoms with van der Waals surface area (Å²) >= 11 is 12.4. The summed E-state index contributed by atoms with van der Waals surface area (Å²) in [6.07, 6.45) is 0. The van der Waals surface area contributed by atoms with Crippen LogP contribution in [0.2, 0.25) is 10.0 Å². The van der Waals surface area contributed by atoms with Crippen LogP contribution in [-0.4, -0.2) is 5.91 Å². The van der Waals surface area contributed by atoms with Gasteiger partial charge in [-0.05, 0) is 55.8 Å². The van der Waals surface area contributed by atoms with E-state index < -0.39 is 6.04 Å². The van der Waals surface area contributed by atoms with Crippen LogP contribution < -0.4 is 10.3 Å². The van der Waals surface area contributed by atoms with Gasteiger partial charge in [0.25, 0.3) is 5.91 Å². The first-order valence-corrected chi connectivity index (χ1v) is 10.5. The number of nitrogens with zero attached hydrogens (tertiary/aromatic N) is 1. The quantitative estimate of drug-likeness (QED) is 0.352. The molecule has 0 N–H and O–H groups in total. The summed E-state index contributed by atoms with van der Waals surface area (Å²) in [5.74, 6) is -0.312. The van der Waals surface area contributed by atoms with Gasteiger partial charge in [-0.25, -0.2) is 0 Å². The first-order chi connectivity index (χ1) is 14.8. The van der Waals surface area contributed by atoms with E-state index in [9.17, 15) is 9.59 Å². The molecule has 1 atom stereocenters. The lowest BCUT2D eigenvalue weighted by molar-refractivity contribution is 0.0971. The predicted octanol–water partition coefficient (Wildman–Crippen LogP) is 6.47. The van der Waals surface area contributed by atoms with Crippen LogP contribution in [0, 0.1) is 13.8 Å². The van der Waals surface area contributed by atoms with Gasteiger partial charge in [-0.2, -0.15) is 0 Å². The molecule has 0 bridgehead atoms. The Balaban J connectivity index is 1.83. The second-order valence-corrected chi connectivity index (χ2v) is 8.57. The summed E-state index contributed by atoms with van der Waals surface area (Å²) in [7, 11) is 0. The minimum atomic E-state index is -0.680. The van der Waals surface area contributed by atoms with Gasteiger partial charge in [0.05, 0.1) is 27.0 Å². The molecule has 1 aliphatic rings. The standard InChI is InChI=1S/C25H17Cl2NO3/c1-13-3-7-16(8-4-13)28-22(15-6-9-18(26)19(27)12-15)21-23(29)17-11-14(2)5-10-20(17)31-24(21)25(28)30/h3-12,22H,1-2H3. The van der Waals surface area contributed by atoms with Crippen molar-refractivity contribution < 1.29 is 9.21 Å². The third kappa shape index (κ3) is 3.14. The van der Waals surface area contributed by atoms with Crippen molar-refractivity contribution >= 4 is 45.8 Å². The van der Waals surface area contributed by atoms with Crippen LogP contribution in [-0.2, 0) is 0 Å². The summed E-state index contributed by atoms with van der Waals surface area (Å²) in [6, 6.07) is 17.4. The Bertz CT molecular complexity index is 1420. The molecule has 0 fully saturated rings. The molecule has 4 nitrogen and oxygen atoms in total. The van der Waals surface area contributed by atoms with Crippen LogP contribution in [0.4, 0.5) is 5.69 Å². The van der Waals surface area contributed by atoms with E-state index in [1.807, 2.05) is 44.2 Å². The molecule has 1 aliphatic heterocycles. The molecule has 1 aromatic heterocycles. The SMILES string of the molecule is Cc1ccc(N2C(=O)c3oc4ccc(C)cc4c(=O)c3C2c2ccc(Cl)c(Cl)c2)cc1. The lowest BCUT2D eigenvalue weighted by Crippen LogP contribution is -2.29. The van der Waals surface area contributed by atoms with Gasteiger partial charge in [0.2, 0.25) is 5.76 Å². The van der Waals surface area contributed by atoms with Crippen LogP contribution in [0.1, 0.15) is 38.9 Å². The number of hydrogen-bond acceptors (Lipinski definition) is 3. The zero-order valence-corrected chi connectivity index (χ0v) is 18.3. The van der Waals surface area contributed by atoms with E-state index in [4.69, 9.17) is 27.6 Å². The van der Waals surface area contributed by atoms with Gasteiger partial charge in [-0.15, -0.1) is 0 Å². The minimum absolute atomic E-state index is 0.0537. The minimum Gasteiger partial charge on any atom is -0.450 e. The van der Waals surface area contributed by atoms with Crippen molar-refractivity contribution in [2.24, 2.45) is 0 Å². The Morgan fingerprint density at radius 3 is 2.26 bits per heavy atom. The first kappa shape index (κ1) is 19.9. The van der Waals surface area contributed by atoms with Crippen molar-refractivity contribution in [3.63, 3.8) is 0 Å². The van der Waals surface area contributed by atoms with E-state index in [0.717, 1.165) is 11.1 Å². The molecule has 1 amide bonds. The van der Waals surface area contributed by atoms with Gasteiger partial charge < -0.3 is 4.42 Å². The fourth-order valence-electron chi connectivity index (χ4n) is 4.06. The zero-order valence-electron chi connectivity index (χ0n) is 16.8. The van der Waals surface area contributed by atoms with Crippen LogP contribution in [0.15, 0.2) is 69.9 Å². The molecule has 2 heterocycles. The second kappa shape index (κ2) is 7.26. The fraction of sp³-hybridized carbons (Fsp3) is 0.120. The molecule has 5 rings (SSSR count). The summed E-state index contributed by atoms with van der Waals surface area (Å²) in [4.78, 5) is 28.7. The normalized spacial score (nSPS) is 15.5. The lowest BCUT2D eigenvalue weighted by atomic mass is 9.98. The number of anilines is 1. The Hall–Kier alpha value is -3.08. The van der Waals surface area contributed by atoms with Crippen LogP contribution >= 0.6 is 23.2 Å². The molecule has 0 saturated heterocycles. The summed E-state index contributed by atoms with van der Waals surface area (Å²) in [5, 5.41) is 1.20. The molecule has 0 saturated carbocycles. The smallest absolute Gasteiger partial charge is 0.295 e. The monoisotopic (exact) mass is 449 g/mol. The molecule has 0 aliphatic carbocycles. The molecule has 154 valence electrons. The van der Waals surface area contributed by atoms with Gasteiger partial charge in [0, 0.05) is 5.69 Å². The average Bonchev–Trinajstić information content (AvgIpc) is 3.04. The number of rotatable bonds is 2. The highest BCUT2D eigenvalue weighted by Crippen LogP contribution is 2.42. The fourth-order valence-corrected chi connectivity index (χ4v) is 4.36. The highest BCUT2D eigenvalue weighted by atomic mass is 35.5. The van der Waals surface area contributed by atoms with E-state index in [0.29, 0.717) is 37.8 Å². The molecular formula is C25H17Cl2NO3. The summed E-state index contributed by atoms with van der Waals surface area (Å²) < 4.78 is 5.98. The van der Waals surface area contributed by atoms with E-state index in [1.165, 1.54) is 0 Å². The van der Waals surface area contributed by atoms with Crippen molar-refractivity contribution in [2.45, 2.75) is 19.9 Å². The predicted molar refractivity (Wildman–Crippen MR) is 124 cm³/mol. The van der Waals surface area contributed by atoms with Gasteiger partial charge in [-0.3, -0.25) is 14.5 Å². The summed E-state index contributed by atoms with van der Waals surface area (Å²) in [6.45, 7) is 3.88. The maximum absolute atomic E-state index is 13.6. The van der Waals surface area contributed by atoms with Crippen molar-refractivity contribution in [1.82, 2.24) is 0 Å². The van der Waals surface area contributed by atoms with E-state index >= 15 is 0 Å². The maximum Gasteiger partial charge on any atom is 0.295 e. The van der Waals surface area contributed by atoms with E-state index in [-0.39, 0.29) is 17.1 Å². The first-order valence-electron chi connectivity index (χ1n) is 9.77. The molecule has 3 aromatic carbocycles. The third-order valence-corrected chi connectivity index (χ3v) is 6.34. The molecule has 0 radical (unpaired) electrons.